The Balaban J connectivity index is 0.000000241. The summed E-state index contributed by atoms with van der Waals surface area (Å²) >= 11 is 0. The van der Waals surface area contributed by atoms with Crippen LogP contribution in [-0.4, -0.2) is 57.3 Å². The zero-order valence-corrected chi connectivity index (χ0v) is 10.3. The predicted molar refractivity (Wildman–Crippen MR) is 67.0 cm³/mol. The van der Waals surface area contributed by atoms with Crippen LogP contribution < -0.4 is 0 Å². The summed E-state index contributed by atoms with van der Waals surface area (Å²) in [5.41, 5.74) is 0. The lowest BCUT2D eigenvalue weighted by Crippen LogP contribution is -1.82. The summed E-state index contributed by atoms with van der Waals surface area (Å²) in [6.45, 7) is 2.96. The van der Waals surface area contributed by atoms with Gasteiger partial charge in [-0.2, -0.15) is 46.2 Å². The van der Waals surface area contributed by atoms with Crippen molar-refractivity contribution < 1.29 is 9.90 Å². The summed E-state index contributed by atoms with van der Waals surface area (Å²) in [6.07, 6.45) is 10.3. The predicted octanol–water partition coefficient (Wildman–Crippen LogP) is -0.329. The summed E-state index contributed by atoms with van der Waals surface area (Å²) in [6, 6.07) is 0. The summed E-state index contributed by atoms with van der Waals surface area (Å²) in [5.74, 6) is -0.981. The summed E-state index contributed by atoms with van der Waals surface area (Å²) in [4.78, 5) is 9.25. The molecule has 0 radical (unpaired) electrons. The van der Waals surface area contributed by atoms with Crippen LogP contribution >= 0.6 is 0 Å². The van der Waals surface area contributed by atoms with Crippen molar-refractivity contribution in [3.63, 3.8) is 0 Å². The maximum atomic E-state index is 9.25. The number of nitrogens with one attached hydrogen (secondary N) is 3. The maximum Gasteiger partial charge on any atom is 0.327 e. The van der Waals surface area contributed by atoms with Crippen LogP contribution in [0.5, 0.6) is 0 Å². The van der Waals surface area contributed by atoms with Crippen molar-refractivity contribution in [1.82, 2.24) is 46.2 Å². The van der Waals surface area contributed by atoms with E-state index in [2.05, 4.69) is 52.8 Å². The average Bonchev–Trinajstić information content (AvgIpc) is 3.27. The van der Waals surface area contributed by atoms with Crippen molar-refractivity contribution in [2.24, 2.45) is 0 Å². The molecule has 0 saturated carbocycles. The van der Waals surface area contributed by atoms with Crippen molar-refractivity contribution in [3.05, 3.63) is 49.8 Å². The first kappa shape index (κ1) is 16.6. The molecular formula is C9H13N9O2. The molecule has 3 aromatic heterocycles. The van der Waals surface area contributed by atoms with Crippen molar-refractivity contribution in [2.45, 2.75) is 0 Å². The molecule has 0 aliphatic carbocycles. The Morgan fingerprint density at radius 3 is 1.05 bits per heavy atom. The van der Waals surface area contributed by atoms with Crippen LogP contribution in [0.15, 0.2) is 49.8 Å². The third kappa shape index (κ3) is 14.6. The number of aliphatic carboxylic acids is 1. The highest BCUT2D eigenvalue weighted by Gasteiger charge is 1.73. The molecule has 11 nitrogen and oxygen atoms in total. The minimum Gasteiger partial charge on any atom is -0.478 e. The van der Waals surface area contributed by atoms with Gasteiger partial charge in [0.05, 0.1) is 37.2 Å². The second kappa shape index (κ2) is 13.7. The minimum absolute atomic E-state index is 0.833. The molecule has 0 aliphatic heterocycles. The van der Waals surface area contributed by atoms with E-state index in [1.54, 1.807) is 37.2 Å². The molecule has 0 amide bonds. The van der Waals surface area contributed by atoms with Crippen LogP contribution in [0.1, 0.15) is 0 Å². The van der Waals surface area contributed by atoms with E-state index < -0.39 is 5.97 Å². The van der Waals surface area contributed by atoms with Gasteiger partial charge in [0.1, 0.15) is 0 Å². The van der Waals surface area contributed by atoms with Crippen molar-refractivity contribution in [3.8, 4) is 0 Å². The highest BCUT2D eigenvalue weighted by Crippen LogP contribution is 1.56. The van der Waals surface area contributed by atoms with Gasteiger partial charge in [-0.3, -0.25) is 0 Å². The van der Waals surface area contributed by atoms with E-state index in [0.29, 0.717) is 0 Å². The van der Waals surface area contributed by atoms with E-state index in [-0.39, 0.29) is 0 Å². The number of aromatic amines is 3. The maximum absolute atomic E-state index is 9.25. The molecule has 3 heterocycles. The number of rotatable bonds is 1. The molecule has 20 heavy (non-hydrogen) atoms. The highest BCUT2D eigenvalue weighted by molar-refractivity contribution is 5.78. The van der Waals surface area contributed by atoms with Crippen molar-refractivity contribution >= 4 is 5.97 Å². The average molecular weight is 279 g/mol. The molecule has 0 aromatic carbocycles. The molecule has 0 atom stereocenters. The first-order valence-electron chi connectivity index (χ1n) is 5.02. The number of carboxylic acid groups (broad SMARTS) is 1. The summed E-state index contributed by atoms with van der Waals surface area (Å²) in [5, 5.41) is 35.6. The van der Waals surface area contributed by atoms with E-state index >= 15 is 0 Å². The third-order valence-electron chi connectivity index (χ3n) is 1.17. The van der Waals surface area contributed by atoms with Gasteiger partial charge in [-0.1, -0.05) is 6.58 Å². The number of carbonyl (C=O) groups is 1. The minimum atomic E-state index is -0.981. The zero-order chi connectivity index (χ0) is 14.9. The van der Waals surface area contributed by atoms with Gasteiger partial charge in [0.15, 0.2) is 0 Å². The highest BCUT2D eigenvalue weighted by atomic mass is 16.4. The number of nitrogens with zero attached hydrogens (tertiary/aromatic N) is 6. The Labute approximate surface area is 113 Å². The van der Waals surface area contributed by atoms with Crippen molar-refractivity contribution in [2.75, 3.05) is 0 Å². The lowest BCUT2D eigenvalue weighted by atomic mass is 10.7. The van der Waals surface area contributed by atoms with Gasteiger partial charge in [0.25, 0.3) is 0 Å². The fraction of sp³-hybridized carbons (Fsp3) is 0. The van der Waals surface area contributed by atoms with Gasteiger partial charge < -0.3 is 5.11 Å². The van der Waals surface area contributed by atoms with E-state index in [9.17, 15) is 4.79 Å². The second-order valence-corrected chi connectivity index (χ2v) is 2.51. The molecule has 0 fully saturated rings. The Hall–Kier alpha value is -3.37. The Bertz CT molecular complexity index is 377. The molecular weight excluding hydrogens is 266 g/mol. The SMILES string of the molecule is C=CC(=O)O.c1cn[nH]n1.c1cn[nH]n1.c1cn[nH]n1. The fourth-order valence-corrected chi connectivity index (χ4v) is 0.500. The Morgan fingerprint density at radius 2 is 1.00 bits per heavy atom. The first-order chi connectivity index (χ1) is 9.77. The zero-order valence-electron chi connectivity index (χ0n) is 10.3. The third-order valence-corrected chi connectivity index (χ3v) is 1.17. The van der Waals surface area contributed by atoms with Crippen LogP contribution in [-0.2, 0) is 4.79 Å². The van der Waals surface area contributed by atoms with Gasteiger partial charge in [-0.05, 0) is 0 Å². The molecule has 0 saturated heterocycles. The van der Waals surface area contributed by atoms with Gasteiger partial charge in [0, 0.05) is 6.08 Å². The molecule has 106 valence electrons. The van der Waals surface area contributed by atoms with Gasteiger partial charge in [-0.25, -0.2) is 4.79 Å². The van der Waals surface area contributed by atoms with Gasteiger partial charge >= 0.3 is 5.97 Å². The lowest BCUT2D eigenvalue weighted by molar-refractivity contribution is -0.131. The van der Waals surface area contributed by atoms with Crippen LogP contribution in [0.25, 0.3) is 0 Å². The molecule has 0 spiro atoms. The number of hydrogen-bond acceptors (Lipinski definition) is 7. The molecule has 0 unspecified atom stereocenters. The van der Waals surface area contributed by atoms with Gasteiger partial charge in [-0.15, -0.1) is 0 Å². The van der Waals surface area contributed by atoms with E-state index in [0.717, 1.165) is 6.08 Å². The molecule has 3 rings (SSSR count). The Kier molecular flexibility index (Phi) is 11.4. The van der Waals surface area contributed by atoms with E-state index in [1.165, 1.54) is 0 Å². The van der Waals surface area contributed by atoms with Crippen LogP contribution in [0.4, 0.5) is 0 Å². The number of aromatic nitrogens is 9. The fourth-order valence-electron chi connectivity index (χ4n) is 0.500. The summed E-state index contributed by atoms with van der Waals surface area (Å²) in [7, 11) is 0. The lowest BCUT2D eigenvalue weighted by Gasteiger charge is -1.64. The Morgan fingerprint density at radius 1 is 0.800 bits per heavy atom. The van der Waals surface area contributed by atoms with Crippen molar-refractivity contribution in [1.29, 1.82) is 0 Å². The molecule has 0 bridgehead atoms. The standard InChI is InChI=1S/C3H4O2.3C2H3N3/c1-2-3(4)5;3*1-2-4-5-3-1/h2H,1H2,(H,4,5);3*1-2H,(H,3,4,5). The smallest absolute Gasteiger partial charge is 0.327 e. The second-order valence-electron chi connectivity index (χ2n) is 2.51. The molecule has 0 aliphatic rings. The molecule has 4 N–H and O–H groups in total. The van der Waals surface area contributed by atoms with E-state index in [4.69, 9.17) is 5.11 Å². The number of H-pyrrole nitrogens is 3. The molecule has 3 aromatic rings. The monoisotopic (exact) mass is 279 g/mol. The number of hydrogen-bond donors (Lipinski definition) is 4. The quantitative estimate of drug-likeness (QED) is 0.440. The molecule has 11 heteroatoms. The van der Waals surface area contributed by atoms with Crippen LogP contribution in [0.3, 0.4) is 0 Å². The number of carboxylic acids is 1. The normalized spacial score (nSPS) is 7.60. The first-order valence-corrected chi connectivity index (χ1v) is 5.02. The van der Waals surface area contributed by atoms with E-state index in [1.807, 2.05) is 0 Å². The summed E-state index contributed by atoms with van der Waals surface area (Å²) < 4.78 is 0. The largest absolute Gasteiger partial charge is 0.478 e. The van der Waals surface area contributed by atoms with Crippen LogP contribution in [0, 0.1) is 0 Å². The topological polar surface area (TPSA) is 162 Å². The van der Waals surface area contributed by atoms with Gasteiger partial charge in [0.2, 0.25) is 0 Å². The van der Waals surface area contributed by atoms with Crippen LogP contribution in [0.2, 0.25) is 0 Å².